The predicted molar refractivity (Wildman–Crippen MR) is 111 cm³/mol. The summed E-state index contributed by atoms with van der Waals surface area (Å²) in [4.78, 5) is 36.9. The second-order valence-corrected chi connectivity index (χ2v) is 6.88. The van der Waals surface area contributed by atoms with Gasteiger partial charge in [-0.05, 0) is 30.3 Å². The van der Waals surface area contributed by atoms with Crippen LogP contribution in [-0.2, 0) is 11.3 Å². The highest BCUT2D eigenvalue weighted by molar-refractivity contribution is 5.76. The van der Waals surface area contributed by atoms with Crippen molar-refractivity contribution in [3.63, 3.8) is 0 Å². The average Bonchev–Trinajstić information content (AvgIpc) is 2.81. The van der Waals surface area contributed by atoms with Crippen molar-refractivity contribution in [2.24, 2.45) is 0 Å². The summed E-state index contributed by atoms with van der Waals surface area (Å²) < 4.78 is 6.38. The molecular weight excluding hydrogens is 384 g/mol. The fraction of sp³-hybridized carbons (Fsp3) is 0.286. The number of anilines is 1. The summed E-state index contributed by atoms with van der Waals surface area (Å²) in [7, 11) is 1.64. The zero-order chi connectivity index (χ0) is 20.9. The molecular formula is C21H22N6O3. The Morgan fingerprint density at radius 3 is 2.53 bits per heavy atom. The third-order valence-electron chi connectivity index (χ3n) is 5.07. The number of carbonyl (C=O) groups excluding carboxylic acids is 1. The van der Waals surface area contributed by atoms with Crippen LogP contribution in [0.4, 0.5) is 5.82 Å². The SMILES string of the molecule is COc1ccc(-c2cc(N3CCN(C(=O)Cn4ncccc4=O)CC3)ncn2)cc1. The fourth-order valence-electron chi connectivity index (χ4n) is 3.36. The number of piperazine rings is 1. The summed E-state index contributed by atoms with van der Waals surface area (Å²) in [5.41, 5.74) is 1.53. The first-order valence-electron chi connectivity index (χ1n) is 9.65. The molecule has 4 rings (SSSR count). The molecule has 1 amide bonds. The molecule has 3 heterocycles. The molecule has 1 aliphatic heterocycles. The van der Waals surface area contributed by atoms with Crippen LogP contribution >= 0.6 is 0 Å². The highest BCUT2D eigenvalue weighted by Gasteiger charge is 2.22. The lowest BCUT2D eigenvalue weighted by Crippen LogP contribution is -2.50. The van der Waals surface area contributed by atoms with Crippen molar-refractivity contribution < 1.29 is 9.53 Å². The fourth-order valence-corrected chi connectivity index (χ4v) is 3.36. The number of rotatable bonds is 5. The van der Waals surface area contributed by atoms with E-state index in [-0.39, 0.29) is 18.0 Å². The normalized spacial score (nSPS) is 13.9. The molecule has 1 fully saturated rings. The van der Waals surface area contributed by atoms with Gasteiger partial charge in [0, 0.05) is 50.1 Å². The number of hydrogen-bond acceptors (Lipinski definition) is 7. The van der Waals surface area contributed by atoms with Crippen LogP contribution in [0.2, 0.25) is 0 Å². The van der Waals surface area contributed by atoms with Gasteiger partial charge >= 0.3 is 0 Å². The van der Waals surface area contributed by atoms with Crippen LogP contribution in [-0.4, -0.2) is 63.8 Å². The first-order valence-corrected chi connectivity index (χ1v) is 9.65. The molecule has 3 aromatic rings. The van der Waals surface area contributed by atoms with E-state index in [2.05, 4.69) is 20.0 Å². The second-order valence-electron chi connectivity index (χ2n) is 6.88. The van der Waals surface area contributed by atoms with Crippen LogP contribution in [0.3, 0.4) is 0 Å². The van der Waals surface area contributed by atoms with Gasteiger partial charge in [0.2, 0.25) is 5.91 Å². The van der Waals surface area contributed by atoms with Crippen LogP contribution in [0.5, 0.6) is 5.75 Å². The zero-order valence-corrected chi connectivity index (χ0v) is 16.6. The first-order chi connectivity index (χ1) is 14.6. The Morgan fingerprint density at radius 2 is 1.83 bits per heavy atom. The number of benzene rings is 1. The van der Waals surface area contributed by atoms with E-state index in [0.717, 1.165) is 22.8 Å². The largest absolute Gasteiger partial charge is 0.497 e. The van der Waals surface area contributed by atoms with Crippen molar-refractivity contribution in [3.05, 3.63) is 65.3 Å². The molecule has 0 radical (unpaired) electrons. The van der Waals surface area contributed by atoms with Gasteiger partial charge in [0.1, 0.15) is 24.4 Å². The summed E-state index contributed by atoms with van der Waals surface area (Å²) in [6.45, 7) is 2.38. The number of methoxy groups -OCH3 is 1. The van der Waals surface area contributed by atoms with E-state index >= 15 is 0 Å². The van der Waals surface area contributed by atoms with Gasteiger partial charge in [-0.15, -0.1) is 0 Å². The molecule has 2 aromatic heterocycles. The molecule has 0 unspecified atom stereocenters. The maximum Gasteiger partial charge on any atom is 0.267 e. The van der Waals surface area contributed by atoms with Gasteiger partial charge in [-0.1, -0.05) is 0 Å². The number of hydrogen-bond donors (Lipinski definition) is 0. The van der Waals surface area contributed by atoms with Crippen molar-refractivity contribution in [3.8, 4) is 17.0 Å². The van der Waals surface area contributed by atoms with E-state index < -0.39 is 0 Å². The molecule has 154 valence electrons. The van der Waals surface area contributed by atoms with Gasteiger partial charge in [-0.25, -0.2) is 14.6 Å². The standard InChI is InChI=1S/C21H22N6O3/c1-30-17-6-4-16(5-7-17)18-13-19(23-15-22-18)25-9-11-26(12-10-25)21(29)14-27-20(28)3-2-8-24-27/h2-8,13,15H,9-12,14H2,1H3. The molecule has 0 spiro atoms. The highest BCUT2D eigenvalue weighted by atomic mass is 16.5. The minimum Gasteiger partial charge on any atom is -0.497 e. The summed E-state index contributed by atoms with van der Waals surface area (Å²) >= 11 is 0. The van der Waals surface area contributed by atoms with Gasteiger partial charge in [0.15, 0.2) is 0 Å². The molecule has 0 atom stereocenters. The van der Waals surface area contributed by atoms with Crippen molar-refractivity contribution in [2.75, 3.05) is 38.2 Å². The third kappa shape index (κ3) is 4.29. The lowest BCUT2D eigenvalue weighted by atomic mass is 10.1. The molecule has 0 bridgehead atoms. The van der Waals surface area contributed by atoms with Crippen molar-refractivity contribution in [1.82, 2.24) is 24.6 Å². The van der Waals surface area contributed by atoms with Crippen LogP contribution in [0.1, 0.15) is 0 Å². The maximum atomic E-state index is 12.5. The number of amides is 1. The Bertz CT molecular complexity index is 1070. The van der Waals surface area contributed by atoms with Gasteiger partial charge < -0.3 is 14.5 Å². The molecule has 1 aliphatic rings. The summed E-state index contributed by atoms with van der Waals surface area (Å²) in [5.74, 6) is 1.50. The molecule has 9 heteroatoms. The van der Waals surface area contributed by atoms with E-state index in [1.165, 1.54) is 16.9 Å². The van der Waals surface area contributed by atoms with Crippen LogP contribution in [0.25, 0.3) is 11.3 Å². The average molecular weight is 406 g/mol. The molecule has 1 saturated heterocycles. The Morgan fingerprint density at radius 1 is 1.07 bits per heavy atom. The lowest BCUT2D eigenvalue weighted by Gasteiger charge is -2.35. The minimum absolute atomic E-state index is 0.0468. The quantitative estimate of drug-likeness (QED) is 0.625. The third-order valence-corrected chi connectivity index (χ3v) is 5.07. The molecule has 0 aliphatic carbocycles. The van der Waals surface area contributed by atoms with Crippen LogP contribution < -0.4 is 15.2 Å². The summed E-state index contributed by atoms with van der Waals surface area (Å²) in [5, 5.41) is 3.95. The van der Waals surface area contributed by atoms with E-state index in [1.807, 2.05) is 30.3 Å². The second kappa shape index (κ2) is 8.73. The van der Waals surface area contributed by atoms with Gasteiger partial charge in [0.05, 0.1) is 12.8 Å². The van der Waals surface area contributed by atoms with E-state index in [0.29, 0.717) is 26.2 Å². The Hall–Kier alpha value is -3.75. The summed E-state index contributed by atoms with van der Waals surface area (Å²) in [6, 6.07) is 12.6. The smallest absolute Gasteiger partial charge is 0.267 e. The zero-order valence-electron chi connectivity index (χ0n) is 16.6. The van der Waals surface area contributed by atoms with Gasteiger partial charge in [-0.3, -0.25) is 9.59 Å². The summed E-state index contributed by atoms with van der Waals surface area (Å²) in [6.07, 6.45) is 3.06. The number of carbonyl (C=O) groups is 1. The molecule has 1 aromatic carbocycles. The molecule has 0 saturated carbocycles. The van der Waals surface area contributed by atoms with Crippen molar-refractivity contribution in [2.45, 2.75) is 6.54 Å². The van der Waals surface area contributed by atoms with Gasteiger partial charge in [-0.2, -0.15) is 5.10 Å². The van der Waals surface area contributed by atoms with E-state index in [4.69, 9.17) is 4.74 Å². The number of nitrogens with zero attached hydrogens (tertiary/aromatic N) is 6. The monoisotopic (exact) mass is 406 g/mol. The van der Waals surface area contributed by atoms with Crippen LogP contribution in [0.15, 0.2) is 59.8 Å². The highest BCUT2D eigenvalue weighted by Crippen LogP contribution is 2.23. The predicted octanol–water partition coefficient (Wildman–Crippen LogP) is 1.06. The number of aromatic nitrogens is 4. The van der Waals surface area contributed by atoms with E-state index in [9.17, 15) is 9.59 Å². The van der Waals surface area contributed by atoms with Crippen molar-refractivity contribution >= 4 is 11.7 Å². The minimum atomic E-state index is -0.281. The Balaban J connectivity index is 1.39. The molecule has 30 heavy (non-hydrogen) atoms. The Kier molecular flexibility index (Phi) is 5.69. The van der Waals surface area contributed by atoms with E-state index in [1.54, 1.807) is 24.4 Å². The van der Waals surface area contributed by atoms with Crippen LogP contribution in [0, 0.1) is 0 Å². The first kappa shape index (κ1) is 19.6. The molecule has 9 nitrogen and oxygen atoms in total. The lowest BCUT2D eigenvalue weighted by molar-refractivity contribution is -0.132. The topological polar surface area (TPSA) is 93.5 Å². The van der Waals surface area contributed by atoms with Crippen molar-refractivity contribution in [1.29, 1.82) is 0 Å². The van der Waals surface area contributed by atoms with Gasteiger partial charge in [0.25, 0.3) is 5.56 Å². The Labute approximate surface area is 173 Å². The number of ether oxygens (including phenoxy) is 1. The maximum absolute atomic E-state index is 12.5. The molecule has 0 N–H and O–H groups in total.